The van der Waals surface area contributed by atoms with Crippen molar-refractivity contribution < 1.29 is 0 Å². The maximum atomic E-state index is 2.83. The zero-order chi connectivity index (χ0) is 18.9. The van der Waals surface area contributed by atoms with Gasteiger partial charge in [0.2, 0.25) is 0 Å². The van der Waals surface area contributed by atoms with E-state index < -0.39 is 0 Å². The fraction of sp³-hybridized carbons (Fsp3) is 0.800. The van der Waals surface area contributed by atoms with E-state index in [4.69, 9.17) is 0 Å². The largest absolute Gasteiger partial charge is 0.0879 e. The van der Waals surface area contributed by atoms with Crippen LogP contribution >= 0.6 is 0 Å². The topological polar surface area (TPSA) is 0 Å². The molecular weight excluding hydrogens is 360 g/mol. The third-order valence-corrected chi connectivity index (χ3v) is 14.1. The second-order valence-corrected chi connectivity index (χ2v) is 14.0. The number of rotatable bonds is 1. The summed E-state index contributed by atoms with van der Waals surface area (Å²) in [6.45, 7) is 0. The highest BCUT2D eigenvalue weighted by Crippen LogP contribution is 2.76. The lowest BCUT2D eigenvalue weighted by atomic mass is 9.57. The van der Waals surface area contributed by atoms with Crippen LogP contribution in [0.1, 0.15) is 38.5 Å². The van der Waals surface area contributed by atoms with Crippen molar-refractivity contribution in [2.75, 3.05) is 0 Å². The first kappa shape index (κ1) is 15.9. The molecule has 0 aromatic rings. The van der Waals surface area contributed by atoms with Crippen molar-refractivity contribution >= 4 is 0 Å². The van der Waals surface area contributed by atoms with Crippen molar-refractivity contribution in [3.8, 4) is 0 Å². The van der Waals surface area contributed by atoms with Gasteiger partial charge in [0.05, 0.1) is 0 Å². The van der Waals surface area contributed by atoms with Gasteiger partial charge in [-0.25, -0.2) is 0 Å². The highest BCUT2D eigenvalue weighted by atomic mass is 14.7. The summed E-state index contributed by atoms with van der Waals surface area (Å²) in [5.74, 6) is 19.3. The van der Waals surface area contributed by atoms with Crippen LogP contribution in [-0.2, 0) is 0 Å². The average Bonchev–Trinajstić information content (AvgIpc) is 3.61. The molecule has 0 saturated heterocycles. The summed E-state index contributed by atoms with van der Waals surface area (Å²) in [6, 6.07) is 0. The van der Waals surface area contributed by atoms with Gasteiger partial charge in [0.25, 0.3) is 0 Å². The van der Waals surface area contributed by atoms with E-state index in [2.05, 4.69) is 36.5 Å². The number of allylic oxidation sites excluding steroid dienone is 6. The molecule has 0 amide bonds. The van der Waals surface area contributed by atoms with Crippen molar-refractivity contribution in [2.45, 2.75) is 38.5 Å². The fourth-order valence-electron chi connectivity index (χ4n) is 14.1. The molecule has 18 atom stereocenters. The van der Waals surface area contributed by atoms with Gasteiger partial charge in [-0.05, 0) is 145 Å². The van der Waals surface area contributed by atoms with Crippen molar-refractivity contribution in [3.63, 3.8) is 0 Å². The summed E-state index contributed by atoms with van der Waals surface area (Å²) in [7, 11) is 0. The quantitative estimate of drug-likeness (QED) is 0.364. The molecule has 0 aromatic carbocycles. The van der Waals surface area contributed by atoms with Gasteiger partial charge >= 0.3 is 0 Å². The van der Waals surface area contributed by atoms with E-state index >= 15 is 0 Å². The highest BCUT2D eigenvalue weighted by Gasteiger charge is 2.70. The molecule has 0 heteroatoms. The Morgan fingerprint density at radius 3 is 2.00 bits per heavy atom. The van der Waals surface area contributed by atoms with Crippen LogP contribution < -0.4 is 0 Å². The van der Waals surface area contributed by atoms with E-state index in [1.165, 1.54) is 18.8 Å². The number of fused-ring (bicyclic) bond motifs is 24. The SMILES string of the molecule is C1=CC2C(C1)C1CC2C2C3CC(CC3C3C=CC4C5CC(C34)C3C4C=CC(C4)C53)C12. The van der Waals surface area contributed by atoms with Crippen molar-refractivity contribution in [1.82, 2.24) is 0 Å². The van der Waals surface area contributed by atoms with E-state index in [9.17, 15) is 0 Å². The Labute approximate surface area is 181 Å². The van der Waals surface area contributed by atoms with Gasteiger partial charge < -0.3 is 0 Å². The van der Waals surface area contributed by atoms with Gasteiger partial charge in [-0.1, -0.05) is 36.5 Å². The van der Waals surface area contributed by atoms with E-state index in [1.807, 2.05) is 0 Å². The molecule has 0 nitrogen and oxygen atoms in total. The summed E-state index contributed by atoms with van der Waals surface area (Å²) < 4.78 is 0. The minimum Gasteiger partial charge on any atom is -0.0879 e. The van der Waals surface area contributed by atoms with Crippen LogP contribution in [0, 0.1) is 107 Å². The Morgan fingerprint density at radius 2 is 1.10 bits per heavy atom. The van der Waals surface area contributed by atoms with E-state index in [0.29, 0.717) is 0 Å². The molecule has 10 aliphatic rings. The summed E-state index contributed by atoms with van der Waals surface area (Å²) in [5, 5.41) is 0. The Bertz CT molecular complexity index is 922. The molecule has 18 unspecified atom stereocenters. The molecule has 10 aliphatic carbocycles. The average molecular weight is 397 g/mol. The van der Waals surface area contributed by atoms with Crippen molar-refractivity contribution in [1.29, 1.82) is 0 Å². The molecular formula is C30H36. The molecule has 0 N–H and O–H groups in total. The molecule has 0 heterocycles. The molecule has 0 aliphatic heterocycles. The van der Waals surface area contributed by atoms with Crippen LogP contribution in [0.5, 0.6) is 0 Å². The Balaban J connectivity index is 0.987. The minimum absolute atomic E-state index is 0.980. The lowest BCUT2D eigenvalue weighted by Gasteiger charge is -2.47. The Hall–Kier alpha value is -0.780. The van der Waals surface area contributed by atoms with Gasteiger partial charge in [0.1, 0.15) is 0 Å². The van der Waals surface area contributed by atoms with Gasteiger partial charge in [-0.2, -0.15) is 0 Å². The van der Waals surface area contributed by atoms with Gasteiger partial charge in [0.15, 0.2) is 0 Å². The maximum absolute atomic E-state index is 2.83. The first-order chi connectivity index (χ1) is 14.9. The van der Waals surface area contributed by atoms with Crippen LogP contribution in [0.2, 0.25) is 0 Å². The zero-order valence-corrected chi connectivity index (χ0v) is 18.1. The second-order valence-electron chi connectivity index (χ2n) is 14.0. The molecule has 8 bridgehead atoms. The van der Waals surface area contributed by atoms with E-state index in [0.717, 1.165) is 101 Å². The predicted octanol–water partition coefficient (Wildman–Crippen LogP) is 6.22. The first-order valence-corrected chi connectivity index (χ1v) is 13.9. The number of hydrogen-bond donors (Lipinski definition) is 0. The smallest absolute Gasteiger partial charge is 0.0165 e. The molecule has 30 heavy (non-hydrogen) atoms. The van der Waals surface area contributed by atoms with Crippen molar-refractivity contribution in [3.05, 3.63) is 36.5 Å². The van der Waals surface area contributed by atoms with Gasteiger partial charge in [-0.3, -0.25) is 0 Å². The maximum Gasteiger partial charge on any atom is -0.0165 e. The summed E-state index contributed by atoms with van der Waals surface area (Å²) in [5.41, 5.74) is 0. The normalized spacial score (nSPS) is 72.8. The van der Waals surface area contributed by atoms with Crippen molar-refractivity contribution in [2.24, 2.45) is 107 Å². The van der Waals surface area contributed by atoms with Crippen LogP contribution in [0.3, 0.4) is 0 Å². The second kappa shape index (κ2) is 4.92. The molecule has 10 rings (SSSR count). The molecule has 0 radical (unpaired) electrons. The third-order valence-electron chi connectivity index (χ3n) is 14.1. The lowest BCUT2D eigenvalue weighted by molar-refractivity contribution is 0.0145. The zero-order valence-electron chi connectivity index (χ0n) is 18.1. The van der Waals surface area contributed by atoms with Crippen LogP contribution in [0.15, 0.2) is 36.5 Å². The van der Waals surface area contributed by atoms with E-state index in [1.54, 1.807) is 25.7 Å². The molecule has 7 fully saturated rings. The fourth-order valence-corrected chi connectivity index (χ4v) is 14.1. The van der Waals surface area contributed by atoms with Crippen LogP contribution in [0.25, 0.3) is 0 Å². The Morgan fingerprint density at radius 1 is 0.400 bits per heavy atom. The predicted molar refractivity (Wildman–Crippen MR) is 118 cm³/mol. The third kappa shape index (κ3) is 1.51. The van der Waals surface area contributed by atoms with Gasteiger partial charge in [-0.15, -0.1) is 0 Å². The Kier molecular flexibility index (Phi) is 2.61. The molecule has 156 valence electrons. The molecule has 0 aromatic heterocycles. The first-order valence-electron chi connectivity index (χ1n) is 13.9. The van der Waals surface area contributed by atoms with E-state index in [-0.39, 0.29) is 0 Å². The summed E-state index contributed by atoms with van der Waals surface area (Å²) >= 11 is 0. The number of hydrogen-bond acceptors (Lipinski definition) is 0. The standard InChI is InChI=1S/C30H36/c1-2-16-17(3-1)23-11-22(16)28-15-9-20(21(10-15)30(23)28)18-6-7-19-24-12-25(29(18)19)27-14-5-4-13(8-14)26(24)27/h1,3-7,13-30H,2,8-12H2. The van der Waals surface area contributed by atoms with Gasteiger partial charge in [0, 0.05) is 0 Å². The monoisotopic (exact) mass is 396 g/mol. The summed E-state index contributed by atoms with van der Waals surface area (Å²) in [6.07, 6.45) is 25.7. The van der Waals surface area contributed by atoms with Crippen LogP contribution in [-0.4, -0.2) is 0 Å². The molecule has 0 spiro atoms. The lowest BCUT2D eigenvalue weighted by Crippen LogP contribution is -2.43. The minimum atomic E-state index is 0.980. The highest BCUT2D eigenvalue weighted by molar-refractivity contribution is 5.29. The summed E-state index contributed by atoms with van der Waals surface area (Å²) in [4.78, 5) is 0. The molecule has 7 saturated carbocycles. The van der Waals surface area contributed by atoms with Crippen LogP contribution in [0.4, 0.5) is 0 Å².